The van der Waals surface area contributed by atoms with Crippen LogP contribution in [-0.4, -0.2) is 34.9 Å². The van der Waals surface area contributed by atoms with E-state index in [1.165, 1.54) is 0 Å². The predicted octanol–water partition coefficient (Wildman–Crippen LogP) is 3.72. The number of benzene rings is 1. The maximum atomic E-state index is 12.8. The van der Waals surface area contributed by atoms with E-state index < -0.39 is 5.97 Å². The van der Waals surface area contributed by atoms with Gasteiger partial charge in [-0.3, -0.25) is 4.79 Å². The zero-order valence-electron chi connectivity index (χ0n) is 17.3. The van der Waals surface area contributed by atoms with Crippen molar-refractivity contribution < 1.29 is 28.3 Å². The summed E-state index contributed by atoms with van der Waals surface area (Å²) in [7, 11) is 0. The number of aromatic nitrogens is 2. The van der Waals surface area contributed by atoms with Gasteiger partial charge in [-0.15, -0.1) is 0 Å². The summed E-state index contributed by atoms with van der Waals surface area (Å²) < 4.78 is 23.1. The normalized spacial score (nSPS) is 12.3. The zero-order valence-corrected chi connectivity index (χ0v) is 17.3. The molecule has 156 valence electrons. The summed E-state index contributed by atoms with van der Waals surface area (Å²) >= 11 is 0. The van der Waals surface area contributed by atoms with E-state index >= 15 is 0 Å². The van der Waals surface area contributed by atoms with Gasteiger partial charge in [0.25, 0.3) is 0 Å². The van der Waals surface area contributed by atoms with Gasteiger partial charge in [-0.05, 0) is 45.4 Å². The molecule has 0 saturated carbocycles. The van der Waals surface area contributed by atoms with Gasteiger partial charge in [0.2, 0.25) is 12.6 Å². The molecule has 0 radical (unpaired) electrons. The number of fused-ring (bicyclic) bond motifs is 1. The van der Waals surface area contributed by atoms with E-state index in [4.69, 9.17) is 18.7 Å². The lowest BCUT2D eigenvalue weighted by Crippen LogP contribution is -2.16. The standard InChI is InChI=1S/C22H22N2O6/c1-5-17-21(14(4)30-23-17)22(26)27-10-18(25)16-8-12(2)24(13(16)3)15-6-7-19-20(9-15)29-11-28-19/h6-9H,5,10-11H2,1-4H3. The van der Waals surface area contributed by atoms with Crippen LogP contribution in [0.5, 0.6) is 11.5 Å². The molecule has 2 aromatic heterocycles. The van der Waals surface area contributed by atoms with Gasteiger partial charge in [0.05, 0.1) is 5.69 Å². The van der Waals surface area contributed by atoms with E-state index in [0.29, 0.717) is 34.9 Å². The number of carbonyl (C=O) groups excluding carboxylic acids is 2. The molecular weight excluding hydrogens is 388 g/mol. The first kappa shape index (κ1) is 19.8. The van der Waals surface area contributed by atoms with Crippen molar-refractivity contribution >= 4 is 11.8 Å². The van der Waals surface area contributed by atoms with Crippen LogP contribution >= 0.6 is 0 Å². The third-order valence-electron chi connectivity index (χ3n) is 5.15. The summed E-state index contributed by atoms with van der Waals surface area (Å²) in [6.07, 6.45) is 0.534. The Balaban J connectivity index is 1.53. The summed E-state index contributed by atoms with van der Waals surface area (Å²) in [4.78, 5) is 25.2. The lowest BCUT2D eigenvalue weighted by Gasteiger charge is -2.11. The molecule has 8 heteroatoms. The number of aryl methyl sites for hydroxylation is 3. The summed E-state index contributed by atoms with van der Waals surface area (Å²) in [5, 5.41) is 3.84. The Labute approximate surface area is 173 Å². The minimum atomic E-state index is -0.608. The average Bonchev–Trinajstić information content (AvgIpc) is 3.42. The Hall–Kier alpha value is -3.55. The number of carbonyl (C=O) groups is 2. The molecule has 0 amide bonds. The van der Waals surface area contributed by atoms with Gasteiger partial charge in [0.15, 0.2) is 18.1 Å². The molecule has 4 rings (SSSR count). The second kappa shape index (κ2) is 7.70. The SMILES string of the molecule is CCc1noc(C)c1C(=O)OCC(=O)c1cc(C)n(-c2ccc3c(c2)OCO3)c1C. The highest BCUT2D eigenvalue weighted by Crippen LogP contribution is 2.35. The second-order valence-electron chi connectivity index (χ2n) is 7.07. The number of hydrogen-bond acceptors (Lipinski definition) is 7. The van der Waals surface area contributed by atoms with Crippen molar-refractivity contribution in [3.05, 3.63) is 58.2 Å². The molecule has 3 heterocycles. The van der Waals surface area contributed by atoms with Crippen molar-refractivity contribution in [1.82, 2.24) is 9.72 Å². The fraction of sp³-hybridized carbons (Fsp3) is 0.318. The minimum absolute atomic E-state index is 0.197. The van der Waals surface area contributed by atoms with Crippen molar-refractivity contribution in [3.8, 4) is 17.2 Å². The summed E-state index contributed by atoms with van der Waals surface area (Å²) in [5.41, 5.74) is 3.79. The molecule has 0 unspecified atom stereocenters. The molecule has 0 bridgehead atoms. The van der Waals surface area contributed by atoms with Crippen LogP contribution in [0.4, 0.5) is 0 Å². The van der Waals surface area contributed by atoms with Gasteiger partial charge in [0.1, 0.15) is 11.3 Å². The highest BCUT2D eigenvalue weighted by atomic mass is 16.7. The fourth-order valence-electron chi connectivity index (χ4n) is 3.67. The van der Waals surface area contributed by atoms with Crippen molar-refractivity contribution in [1.29, 1.82) is 0 Å². The second-order valence-corrected chi connectivity index (χ2v) is 7.07. The number of esters is 1. The number of nitrogens with zero attached hydrogens (tertiary/aromatic N) is 2. The topological polar surface area (TPSA) is 92.8 Å². The van der Waals surface area contributed by atoms with Crippen LogP contribution in [0.3, 0.4) is 0 Å². The molecular formula is C22H22N2O6. The van der Waals surface area contributed by atoms with Gasteiger partial charge >= 0.3 is 5.97 Å². The Morgan fingerprint density at radius 1 is 1.13 bits per heavy atom. The van der Waals surface area contributed by atoms with Crippen LogP contribution in [-0.2, 0) is 11.2 Å². The Kier molecular flexibility index (Phi) is 5.07. The summed E-state index contributed by atoms with van der Waals surface area (Å²) in [5.74, 6) is 0.849. The van der Waals surface area contributed by atoms with Crippen LogP contribution < -0.4 is 9.47 Å². The van der Waals surface area contributed by atoms with Gasteiger partial charge in [0, 0.05) is 28.7 Å². The lowest BCUT2D eigenvalue weighted by atomic mass is 10.1. The molecule has 0 atom stereocenters. The summed E-state index contributed by atoms with van der Waals surface area (Å²) in [6, 6.07) is 7.41. The van der Waals surface area contributed by atoms with E-state index in [1.807, 2.05) is 43.5 Å². The van der Waals surface area contributed by atoms with Gasteiger partial charge in [-0.2, -0.15) is 0 Å². The largest absolute Gasteiger partial charge is 0.454 e. The Morgan fingerprint density at radius 2 is 1.90 bits per heavy atom. The van der Waals surface area contributed by atoms with Crippen molar-refractivity contribution in [2.24, 2.45) is 0 Å². The van der Waals surface area contributed by atoms with Crippen LogP contribution in [0.15, 0.2) is 28.8 Å². The molecule has 0 N–H and O–H groups in total. The number of ether oxygens (including phenoxy) is 3. The molecule has 0 saturated heterocycles. The van der Waals surface area contributed by atoms with E-state index in [-0.39, 0.29) is 24.7 Å². The third-order valence-corrected chi connectivity index (χ3v) is 5.15. The third kappa shape index (κ3) is 3.34. The first-order valence-corrected chi connectivity index (χ1v) is 9.65. The number of ketones is 1. The average molecular weight is 410 g/mol. The van der Waals surface area contributed by atoms with E-state index in [0.717, 1.165) is 17.1 Å². The minimum Gasteiger partial charge on any atom is -0.454 e. The van der Waals surface area contributed by atoms with Gasteiger partial charge in [-0.1, -0.05) is 12.1 Å². The van der Waals surface area contributed by atoms with Crippen LogP contribution in [0, 0.1) is 20.8 Å². The van der Waals surface area contributed by atoms with Crippen LogP contribution in [0.2, 0.25) is 0 Å². The molecule has 0 fully saturated rings. The quantitative estimate of drug-likeness (QED) is 0.452. The maximum absolute atomic E-state index is 12.8. The highest BCUT2D eigenvalue weighted by Gasteiger charge is 2.24. The van der Waals surface area contributed by atoms with Crippen molar-refractivity contribution in [2.75, 3.05) is 13.4 Å². The van der Waals surface area contributed by atoms with Gasteiger partial charge in [-0.25, -0.2) is 4.79 Å². The Morgan fingerprint density at radius 3 is 2.67 bits per heavy atom. The Bertz CT molecular complexity index is 1140. The molecule has 8 nitrogen and oxygen atoms in total. The molecule has 1 aliphatic rings. The molecule has 3 aromatic rings. The smallest absolute Gasteiger partial charge is 0.344 e. The van der Waals surface area contributed by atoms with Gasteiger partial charge < -0.3 is 23.3 Å². The summed E-state index contributed by atoms with van der Waals surface area (Å²) in [6.45, 7) is 7.11. The fourth-order valence-corrected chi connectivity index (χ4v) is 3.67. The van der Waals surface area contributed by atoms with Crippen LogP contribution in [0.1, 0.15) is 50.5 Å². The molecule has 1 aromatic carbocycles. The first-order chi connectivity index (χ1) is 14.4. The molecule has 30 heavy (non-hydrogen) atoms. The number of rotatable bonds is 6. The molecule has 1 aliphatic heterocycles. The van der Waals surface area contributed by atoms with Crippen molar-refractivity contribution in [2.45, 2.75) is 34.1 Å². The maximum Gasteiger partial charge on any atom is 0.344 e. The first-order valence-electron chi connectivity index (χ1n) is 9.65. The monoisotopic (exact) mass is 410 g/mol. The predicted molar refractivity (Wildman–Crippen MR) is 107 cm³/mol. The molecule has 0 aliphatic carbocycles. The number of Topliss-reactive ketones (excluding diaryl/α,β-unsaturated/α-hetero) is 1. The van der Waals surface area contributed by atoms with E-state index in [2.05, 4.69) is 5.16 Å². The highest BCUT2D eigenvalue weighted by molar-refractivity contribution is 6.01. The van der Waals surface area contributed by atoms with E-state index in [1.54, 1.807) is 13.0 Å². The number of hydrogen-bond donors (Lipinski definition) is 0. The molecule has 0 spiro atoms. The lowest BCUT2D eigenvalue weighted by molar-refractivity contribution is 0.0472. The van der Waals surface area contributed by atoms with Crippen molar-refractivity contribution in [3.63, 3.8) is 0 Å². The van der Waals surface area contributed by atoms with Crippen LogP contribution in [0.25, 0.3) is 5.69 Å². The van der Waals surface area contributed by atoms with E-state index in [9.17, 15) is 9.59 Å². The zero-order chi connectivity index (χ0) is 21.4.